The molecule has 1 N–H and O–H groups in total. The number of carbonyl (C=O) groups is 2. The van der Waals surface area contributed by atoms with Gasteiger partial charge in [-0.1, -0.05) is 49.4 Å². The Morgan fingerprint density at radius 3 is 2.43 bits per heavy atom. The Labute approximate surface area is 136 Å². The Kier molecular flexibility index (Phi) is 4.56. The van der Waals surface area contributed by atoms with Gasteiger partial charge >= 0.3 is 0 Å². The zero-order chi connectivity index (χ0) is 16.2. The maximum Gasteiger partial charge on any atom is 0.224 e. The van der Waals surface area contributed by atoms with E-state index in [1.807, 2.05) is 24.3 Å². The highest BCUT2D eigenvalue weighted by atomic mass is 16.1. The molecule has 1 fully saturated rings. The minimum absolute atomic E-state index is 0.0220. The highest BCUT2D eigenvalue weighted by Crippen LogP contribution is 2.38. The minimum Gasteiger partial charge on any atom is -0.326 e. The molecule has 0 bridgehead atoms. The fourth-order valence-electron chi connectivity index (χ4n) is 2.83. The number of benzene rings is 2. The maximum atomic E-state index is 12.4. The first-order valence-corrected chi connectivity index (χ1v) is 8.13. The number of ketones is 1. The van der Waals surface area contributed by atoms with Crippen LogP contribution in [0.5, 0.6) is 0 Å². The normalized spacial score (nSPS) is 15.0. The molecule has 3 nitrogen and oxygen atoms in total. The van der Waals surface area contributed by atoms with Crippen molar-refractivity contribution in [3.63, 3.8) is 0 Å². The van der Waals surface area contributed by atoms with Crippen molar-refractivity contribution in [3.05, 3.63) is 65.7 Å². The first kappa shape index (κ1) is 15.5. The molecule has 1 atom stereocenters. The lowest BCUT2D eigenvalue weighted by Crippen LogP contribution is -2.16. The average molecular weight is 307 g/mol. The van der Waals surface area contributed by atoms with Crippen molar-refractivity contribution in [2.24, 2.45) is 11.8 Å². The van der Waals surface area contributed by atoms with Crippen molar-refractivity contribution in [2.75, 3.05) is 5.32 Å². The molecule has 0 radical (unpaired) electrons. The monoisotopic (exact) mass is 307 g/mol. The summed E-state index contributed by atoms with van der Waals surface area (Å²) >= 11 is 0. The molecule has 0 aliphatic heterocycles. The molecule has 1 saturated carbocycles. The van der Waals surface area contributed by atoms with Crippen LogP contribution in [0.15, 0.2) is 54.6 Å². The van der Waals surface area contributed by atoms with E-state index in [0.29, 0.717) is 35.1 Å². The summed E-state index contributed by atoms with van der Waals surface area (Å²) in [4.78, 5) is 24.6. The van der Waals surface area contributed by atoms with E-state index in [1.54, 1.807) is 30.3 Å². The highest BCUT2D eigenvalue weighted by Gasteiger charge is 2.29. The Morgan fingerprint density at radius 2 is 1.74 bits per heavy atom. The lowest BCUT2D eigenvalue weighted by Gasteiger charge is -2.11. The van der Waals surface area contributed by atoms with Crippen LogP contribution in [0.25, 0.3) is 0 Å². The molecule has 2 aromatic carbocycles. The van der Waals surface area contributed by atoms with Gasteiger partial charge in [-0.15, -0.1) is 0 Å². The highest BCUT2D eigenvalue weighted by molar-refractivity contribution is 6.09. The molecule has 1 aliphatic carbocycles. The molecule has 0 saturated heterocycles. The van der Waals surface area contributed by atoms with Crippen LogP contribution in [0.3, 0.4) is 0 Å². The third kappa shape index (κ3) is 4.07. The van der Waals surface area contributed by atoms with Gasteiger partial charge < -0.3 is 5.32 Å². The van der Waals surface area contributed by atoms with E-state index in [9.17, 15) is 9.59 Å². The zero-order valence-electron chi connectivity index (χ0n) is 13.3. The predicted octanol–water partition coefficient (Wildman–Crippen LogP) is 4.29. The van der Waals surface area contributed by atoms with Crippen LogP contribution in [0.2, 0.25) is 0 Å². The summed E-state index contributed by atoms with van der Waals surface area (Å²) in [7, 11) is 0. The molecule has 118 valence electrons. The van der Waals surface area contributed by atoms with E-state index in [0.717, 1.165) is 0 Å². The Balaban J connectivity index is 1.67. The number of nitrogens with one attached hydrogen (secondary N) is 1. The first-order chi connectivity index (χ1) is 11.1. The summed E-state index contributed by atoms with van der Waals surface area (Å²) in [5, 5.41) is 2.91. The maximum absolute atomic E-state index is 12.4. The van der Waals surface area contributed by atoms with Crippen LogP contribution in [0.1, 0.15) is 42.1 Å². The molecule has 0 heterocycles. The van der Waals surface area contributed by atoms with Crippen LogP contribution < -0.4 is 5.32 Å². The van der Waals surface area contributed by atoms with Crippen LogP contribution >= 0.6 is 0 Å². The summed E-state index contributed by atoms with van der Waals surface area (Å²) in [6.45, 7) is 2.13. The van der Waals surface area contributed by atoms with Crippen LogP contribution in [0, 0.1) is 11.8 Å². The van der Waals surface area contributed by atoms with E-state index in [2.05, 4.69) is 12.2 Å². The van der Waals surface area contributed by atoms with Gasteiger partial charge in [-0.2, -0.15) is 0 Å². The topological polar surface area (TPSA) is 46.2 Å². The molecule has 3 heteroatoms. The number of rotatable bonds is 6. The zero-order valence-corrected chi connectivity index (χ0v) is 13.3. The second-order valence-electron chi connectivity index (χ2n) is 6.34. The molecule has 2 aromatic rings. The van der Waals surface area contributed by atoms with Gasteiger partial charge in [0.15, 0.2) is 5.78 Å². The molecular formula is C20H21NO2. The summed E-state index contributed by atoms with van der Waals surface area (Å²) in [6.07, 6.45) is 3.03. The van der Waals surface area contributed by atoms with Crippen molar-refractivity contribution >= 4 is 17.4 Å². The van der Waals surface area contributed by atoms with E-state index < -0.39 is 0 Å². The number of hydrogen-bond acceptors (Lipinski definition) is 2. The van der Waals surface area contributed by atoms with Gasteiger partial charge in [0.2, 0.25) is 5.91 Å². The van der Waals surface area contributed by atoms with E-state index in [4.69, 9.17) is 0 Å². The number of anilines is 1. The number of carbonyl (C=O) groups excluding carboxylic acids is 2. The SMILES string of the molecule is CC(CC(=O)Nc1cccc(C(=O)c2ccccc2)c1)C1CC1. The van der Waals surface area contributed by atoms with E-state index in [1.165, 1.54) is 12.8 Å². The lowest BCUT2D eigenvalue weighted by atomic mass is 10.0. The predicted molar refractivity (Wildman–Crippen MR) is 91.5 cm³/mol. The fourth-order valence-corrected chi connectivity index (χ4v) is 2.83. The first-order valence-electron chi connectivity index (χ1n) is 8.13. The van der Waals surface area contributed by atoms with Crippen LogP contribution in [-0.4, -0.2) is 11.7 Å². The Bertz CT molecular complexity index is 705. The summed E-state index contributed by atoms with van der Waals surface area (Å²) < 4.78 is 0. The van der Waals surface area contributed by atoms with Gasteiger partial charge in [-0.3, -0.25) is 9.59 Å². The van der Waals surface area contributed by atoms with Crippen LogP contribution in [0.4, 0.5) is 5.69 Å². The van der Waals surface area contributed by atoms with Crippen molar-refractivity contribution in [2.45, 2.75) is 26.2 Å². The average Bonchev–Trinajstić information content (AvgIpc) is 3.40. The van der Waals surface area contributed by atoms with Crippen molar-refractivity contribution in [1.82, 2.24) is 0 Å². The van der Waals surface area contributed by atoms with Gasteiger partial charge in [0, 0.05) is 23.2 Å². The van der Waals surface area contributed by atoms with Crippen molar-refractivity contribution in [1.29, 1.82) is 0 Å². The minimum atomic E-state index is -0.0342. The van der Waals surface area contributed by atoms with Gasteiger partial charge in [0.25, 0.3) is 0 Å². The lowest BCUT2D eigenvalue weighted by molar-refractivity contribution is -0.117. The second-order valence-corrected chi connectivity index (χ2v) is 6.34. The Hall–Kier alpha value is -2.42. The van der Waals surface area contributed by atoms with Gasteiger partial charge in [-0.25, -0.2) is 0 Å². The summed E-state index contributed by atoms with van der Waals surface area (Å²) in [5.74, 6) is 1.14. The molecular weight excluding hydrogens is 286 g/mol. The summed E-state index contributed by atoms with van der Waals surface area (Å²) in [6, 6.07) is 16.3. The number of hydrogen-bond donors (Lipinski definition) is 1. The standard InChI is InChI=1S/C20H21NO2/c1-14(15-10-11-15)12-19(22)21-18-9-5-8-17(13-18)20(23)16-6-3-2-4-7-16/h2-9,13-15H,10-12H2,1H3,(H,21,22). The van der Waals surface area contributed by atoms with Crippen molar-refractivity contribution in [3.8, 4) is 0 Å². The largest absolute Gasteiger partial charge is 0.326 e. The van der Waals surface area contributed by atoms with E-state index >= 15 is 0 Å². The summed E-state index contributed by atoms with van der Waals surface area (Å²) in [5.41, 5.74) is 1.92. The molecule has 0 aromatic heterocycles. The fraction of sp³-hybridized carbons (Fsp3) is 0.300. The third-order valence-electron chi connectivity index (χ3n) is 4.38. The van der Waals surface area contributed by atoms with E-state index in [-0.39, 0.29) is 11.7 Å². The van der Waals surface area contributed by atoms with Gasteiger partial charge in [0.05, 0.1) is 0 Å². The Morgan fingerprint density at radius 1 is 1.04 bits per heavy atom. The molecule has 23 heavy (non-hydrogen) atoms. The third-order valence-corrected chi connectivity index (χ3v) is 4.38. The second kappa shape index (κ2) is 6.78. The molecule has 1 unspecified atom stereocenters. The molecule has 1 aliphatic rings. The van der Waals surface area contributed by atoms with Crippen LogP contribution in [-0.2, 0) is 4.79 Å². The molecule has 3 rings (SSSR count). The van der Waals surface area contributed by atoms with Gasteiger partial charge in [0.1, 0.15) is 0 Å². The van der Waals surface area contributed by atoms with Gasteiger partial charge in [-0.05, 0) is 36.8 Å². The smallest absolute Gasteiger partial charge is 0.224 e. The number of amides is 1. The molecule has 0 spiro atoms. The van der Waals surface area contributed by atoms with Crippen molar-refractivity contribution < 1.29 is 9.59 Å². The quantitative estimate of drug-likeness (QED) is 0.809. The molecule has 1 amide bonds.